The summed E-state index contributed by atoms with van der Waals surface area (Å²) in [7, 11) is 1.63. The molecular weight excluding hydrogens is 493 g/mol. The highest BCUT2D eigenvalue weighted by Gasteiger charge is 2.08. The van der Waals surface area contributed by atoms with Crippen LogP contribution in [0.5, 0.6) is 11.5 Å². The molecule has 0 aliphatic heterocycles. The normalized spacial score (nSPS) is 10.8. The minimum Gasteiger partial charge on any atom is -0.493 e. The van der Waals surface area contributed by atoms with Gasteiger partial charge in [0.2, 0.25) is 0 Å². The summed E-state index contributed by atoms with van der Waals surface area (Å²) < 4.78 is 13.0. The van der Waals surface area contributed by atoms with E-state index in [0.717, 1.165) is 23.5 Å². The fourth-order valence-corrected chi connectivity index (χ4v) is 2.93. The van der Waals surface area contributed by atoms with E-state index in [0.29, 0.717) is 30.6 Å². The van der Waals surface area contributed by atoms with Gasteiger partial charge in [-0.25, -0.2) is 9.98 Å². The lowest BCUT2D eigenvalue weighted by Crippen LogP contribution is -2.30. The van der Waals surface area contributed by atoms with Crippen LogP contribution in [0.1, 0.15) is 19.4 Å². The monoisotopic (exact) mass is 521 g/mol. The third kappa shape index (κ3) is 6.12. The molecule has 0 bridgehead atoms. The van der Waals surface area contributed by atoms with E-state index in [1.807, 2.05) is 54.9 Å². The van der Waals surface area contributed by atoms with Crippen molar-refractivity contribution in [2.75, 3.05) is 25.6 Å². The molecule has 1 heterocycles. The topological polar surface area (TPSA) is 72.7 Å². The number of hydrogen-bond donors (Lipinski definition) is 2. The van der Waals surface area contributed by atoms with Gasteiger partial charge < -0.3 is 24.7 Å². The minimum absolute atomic E-state index is 0. The van der Waals surface area contributed by atoms with Gasteiger partial charge in [0.05, 0.1) is 32.3 Å². The smallest absolute Gasteiger partial charge is 0.196 e. The van der Waals surface area contributed by atoms with Crippen molar-refractivity contribution in [2.24, 2.45) is 4.99 Å². The summed E-state index contributed by atoms with van der Waals surface area (Å²) in [6.45, 7) is 5.83. The van der Waals surface area contributed by atoms with E-state index >= 15 is 0 Å². The molecule has 0 spiro atoms. The molecule has 3 aromatic rings. The number of anilines is 1. The number of nitrogens with one attached hydrogen (secondary N) is 2. The van der Waals surface area contributed by atoms with Crippen LogP contribution in [-0.2, 0) is 6.54 Å². The standard InChI is InChI=1S/C22H27N5O2.HI/c1-4-24-22(26-18-10-11-20(28-3)21(14-18)29-5-2)25-15-17-8-6-7-9-19(17)27-13-12-23-16-27;/h6-14,16H,4-5,15H2,1-3H3,(H2,24,25,26);1H. The van der Waals surface area contributed by atoms with Crippen LogP contribution in [0.15, 0.2) is 66.2 Å². The van der Waals surface area contributed by atoms with Gasteiger partial charge in [-0.2, -0.15) is 0 Å². The van der Waals surface area contributed by atoms with Crippen molar-refractivity contribution in [1.29, 1.82) is 0 Å². The van der Waals surface area contributed by atoms with Gasteiger partial charge in [-0.15, -0.1) is 24.0 Å². The first-order chi connectivity index (χ1) is 14.2. The number of para-hydroxylation sites is 1. The lowest BCUT2D eigenvalue weighted by molar-refractivity contribution is 0.311. The van der Waals surface area contributed by atoms with Crippen LogP contribution in [0, 0.1) is 0 Å². The van der Waals surface area contributed by atoms with E-state index in [1.165, 1.54) is 0 Å². The molecule has 0 aliphatic rings. The first kappa shape index (κ1) is 23.5. The van der Waals surface area contributed by atoms with Crippen LogP contribution in [0.25, 0.3) is 5.69 Å². The van der Waals surface area contributed by atoms with Crippen LogP contribution < -0.4 is 20.1 Å². The number of aromatic nitrogens is 2. The average molecular weight is 521 g/mol. The zero-order chi connectivity index (χ0) is 20.5. The molecular formula is C22H28IN5O2. The van der Waals surface area contributed by atoms with Crippen molar-refractivity contribution in [3.8, 4) is 17.2 Å². The predicted molar refractivity (Wildman–Crippen MR) is 132 cm³/mol. The van der Waals surface area contributed by atoms with E-state index in [9.17, 15) is 0 Å². The van der Waals surface area contributed by atoms with Gasteiger partial charge in [-0.1, -0.05) is 18.2 Å². The molecule has 0 saturated heterocycles. The van der Waals surface area contributed by atoms with Crippen LogP contribution in [-0.4, -0.2) is 35.8 Å². The summed E-state index contributed by atoms with van der Waals surface area (Å²) in [6.07, 6.45) is 5.49. The van der Waals surface area contributed by atoms with Crippen LogP contribution >= 0.6 is 24.0 Å². The first-order valence-corrected chi connectivity index (χ1v) is 9.67. The Balaban J connectivity index is 0.00000320. The maximum atomic E-state index is 5.66. The van der Waals surface area contributed by atoms with Crippen molar-refractivity contribution >= 4 is 35.6 Å². The number of hydrogen-bond acceptors (Lipinski definition) is 4. The molecule has 1 aromatic heterocycles. The summed E-state index contributed by atoms with van der Waals surface area (Å²) in [5.74, 6) is 2.09. The lowest BCUT2D eigenvalue weighted by atomic mass is 10.2. The number of nitrogens with zero attached hydrogens (tertiary/aromatic N) is 3. The largest absolute Gasteiger partial charge is 0.493 e. The molecule has 0 radical (unpaired) electrons. The van der Waals surface area contributed by atoms with Crippen molar-refractivity contribution in [1.82, 2.24) is 14.9 Å². The van der Waals surface area contributed by atoms with Crippen LogP contribution in [0.3, 0.4) is 0 Å². The van der Waals surface area contributed by atoms with Crippen molar-refractivity contribution < 1.29 is 9.47 Å². The van der Waals surface area contributed by atoms with Gasteiger partial charge >= 0.3 is 0 Å². The maximum Gasteiger partial charge on any atom is 0.196 e. The second kappa shape index (κ2) is 12.1. The number of methoxy groups -OCH3 is 1. The Morgan fingerprint density at radius 1 is 1.13 bits per heavy atom. The molecule has 160 valence electrons. The molecule has 0 unspecified atom stereocenters. The summed E-state index contributed by atoms with van der Waals surface area (Å²) in [4.78, 5) is 8.89. The molecule has 0 fully saturated rings. The number of imidazole rings is 1. The quantitative estimate of drug-likeness (QED) is 0.260. The molecule has 8 heteroatoms. The predicted octanol–water partition coefficient (Wildman–Crippen LogP) is 4.48. The van der Waals surface area contributed by atoms with Gasteiger partial charge in [0.1, 0.15) is 0 Å². The summed E-state index contributed by atoms with van der Waals surface area (Å²) in [5.41, 5.74) is 3.04. The lowest BCUT2D eigenvalue weighted by Gasteiger charge is -2.15. The van der Waals surface area contributed by atoms with Crippen molar-refractivity contribution in [3.63, 3.8) is 0 Å². The molecule has 2 aromatic carbocycles. The Kier molecular flexibility index (Phi) is 9.46. The van der Waals surface area contributed by atoms with E-state index < -0.39 is 0 Å². The van der Waals surface area contributed by atoms with E-state index in [2.05, 4.69) is 27.8 Å². The Hall–Kier alpha value is -2.75. The second-order valence-electron chi connectivity index (χ2n) is 6.22. The second-order valence-corrected chi connectivity index (χ2v) is 6.22. The Labute approximate surface area is 194 Å². The molecule has 0 aliphatic carbocycles. The van der Waals surface area contributed by atoms with Gasteiger partial charge in [-0.05, 0) is 37.6 Å². The maximum absolute atomic E-state index is 5.66. The zero-order valence-electron chi connectivity index (χ0n) is 17.5. The molecule has 30 heavy (non-hydrogen) atoms. The molecule has 0 saturated carbocycles. The minimum atomic E-state index is 0. The average Bonchev–Trinajstić information content (AvgIpc) is 3.28. The molecule has 0 amide bonds. The Bertz CT molecular complexity index is 944. The number of ether oxygens (including phenoxy) is 2. The highest BCUT2D eigenvalue weighted by Crippen LogP contribution is 2.30. The highest BCUT2D eigenvalue weighted by atomic mass is 127. The number of rotatable bonds is 8. The first-order valence-electron chi connectivity index (χ1n) is 9.67. The highest BCUT2D eigenvalue weighted by molar-refractivity contribution is 14.0. The molecule has 7 nitrogen and oxygen atoms in total. The Morgan fingerprint density at radius 2 is 1.97 bits per heavy atom. The number of benzene rings is 2. The van der Waals surface area contributed by atoms with Crippen LogP contribution in [0.2, 0.25) is 0 Å². The van der Waals surface area contributed by atoms with Crippen molar-refractivity contribution in [2.45, 2.75) is 20.4 Å². The number of guanidine groups is 1. The summed E-state index contributed by atoms with van der Waals surface area (Å²) in [6, 6.07) is 13.9. The zero-order valence-corrected chi connectivity index (χ0v) is 19.8. The van der Waals surface area contributed by atoms with Gasteiger partial charge in [0.15, 0.2) is 17.5 Å². The SMILES string of the molecule is CCNC(=NCc1ccccc1-n1ccnc1)Nc1ccc(OC)c(OCC)c1.I. The van der Waals surface area contributed by atoms with Gasteiger partial charge in [0.25, 0.3) is 0 Å². The number of halogens is 1. The molecule has 2 N–H and O–H groups in total. The third-order valence-corrected chi connectivity index (χ3v) is 4.25. The van der Waals surface area contributed by atoms with Crippen molar-refractivity contribution in [3.05, 3.63) is 66.7 Å². The molecule has 3 rings (SSSR count). The number of aliphatic imine (C=N–C) groups is 1. The fraction of sp³-hybridized carbons (Fsp3) is 0.273. The van der Waals surface area contributed by atoms with E-state index in [-0.39, 0.29) is 24.0 Å². The third-order valence-electron chi connectivity index (χ3n) is 4.25. The fourth-order valence-electron chi connectivity index (χ4n) is 2.93. The molecule has 0 atom stereocenters. The van der Waals surface area contributed by atoms with Gasteiger partial charge in [-0.3, -0.25) is 0 Å². The Morgan fingerprint density at radius 3 is 2.67 bits per heavy atom. The van der Waals surface area contributed by atoms with E-state index in [4.69, 9.17) is 14.5 Å². The summed E-state index contributed by atoms with van der Waals surface area (Å²) >= 11 is 0. The van der Waals surface area contributed by atoms with Gasteiger partial charge in [0, 0.05) is 30.7 Å². The van der Waals surface area contributed by atoms with E-state index in [1.54, 1.807) is 19.6 Å². The van der Waals surface area contributed by atoms with Crippen LogP contribution in [0.4, 0.5) is 5.69 Å². The summed E-state index contributed by atoms with van der Waals surface area (Å²) in [5, 5.41) is 6.62.